The second-order valence-corrected chi connectivity index (χ2v) is 10.9. The highest BCUT2D eigenvalue weighted by atomic mass is 15.0. The highest BCUT2D eigenvalue weighted by Gasteiger charge is 2.18. The standard InChI is InChI=1S/C40H27N3/c1-3-10-27(11-4-1)31-15-9-16-34(24-31)40-42-38(29-12-5-2-6-13-29)41-39(43-40)30-20-18-28(19-21-30)32-22-23-37-35(25-32)26-33-14-7-8-17-36(33)37/h1-25H,26H2. The van der Waals surface area contributed by atoms with E-state index in [9.17, 15) is 0 Å². The average Bonchev–Trinajstić information content (AvgIpc) is 3.47. The molecule has 0 bridgehead atoms. The molecule has 0 saturated heterocycles. The zero-order valence-electron chi connectivity index (χ0n) is 23.5. The van der Waals surface area contributed by atoms with E-state index < -0.39 is 0 Å². The van der Waals surface area contributed by atoms with Gasteiger partial charge in [-0.15, -0.1) is 0 Å². The van der Waals surface area contributed by atoms with Gasteiger partial charge in [0.1, 0.15) is 0 Å². The van der Waals surface area contributed by atoms with E-state index in [0.717, 1.165) is 34.2 Å². The molecule has 43 heavy (non-hydrogen) atoms. The van der Waals surface area contributed by atoms with Crippen LogP contribution in [-0.4, -0.2) is 15.0 Å². The molecule has 0 unspecified atom stereocenters. The minimum absolute atomic E-state index is 0.656. The lowest BCUT2D eigenvalue weighted by molar-refractivity contribution is 1.07. The van der Waals surface area contributed by atoms with Crippen LogP contribution in [0.3, 0.4) is 0 Å². The molecule has 8 rings (SSSR count). The molecule has 1 aromatic heterocycles. The van der Waals surface area contributed by atoms with E-state index in [1.54, 1.807) is 0 Å². The largest absolute Gasteiger partial charge is 0.208 e. The lowest BCUT2D eigenvalue weighted by Crippen LogP contribution is -2.00. The van der Waals surface area contributed by atoms with Crippen LogP contribution < -0.4 is 0 Å². The van der Waals surface area contributed by atoms with Crippen molar-refractivity contribution in [3.05, 3.63) is 163 Å². The molecule has 0 saturated carbocycles. The summed E-state index contributed by atoms with van der Waals surface area (Å²) < 4.78 is 0. The van der Waals surface area contributed by atoms with E-state index in [4.69, 9.17) is 15.0 Å². The Balaban J connectivity index is 1.17. The van der Waals surface area contributed by atoms with E-state index in [1.807, 2.05) is 36.4 Å². The molecule has 0 spiro atoms. The summed E-state index contributed by atoms with van der Waals surface area (Å²) in [6.07, 6.45) is 0.985. The predicted octanol–water partition coefficient (Wildman–Crippen LogP) is 9.78. The Kier molecular flexibility index (Phi) is 6.20. The minimum Gasteiger partial charge on any atom is -0.208 e. The fraction of sp³-hybridized carbons (Fsp3) is 0.0250. The van der Waals surface area contributed by atoms with E-state index in [1.165, 1.54) is 33.4 Å². The molecule has 202 valence electrons. The van der Waals surface area contributed by atoms with Crippen LogP contribution in [0, 0.1) is 0 Å². The molecule has 0 amide bonds. The first kappa shape index (κ1) is 25.1. The molecule has 3 nitrogen and oxygen atoms in total. The van der Waals surface area contributed by atoms with Crippen LogP contribution in [0.2, 0.25) is 0 Å². The van der Waals surface area contributed by atoms with Crippen molar-refractivity contribution in [2.45, 2.75) is 6.42 Å². The third-order valence-corrected chi connectivity index (χ3v) is 8.17. The van der Waals surface area contributed by atoms with Crippen molar-refractivity contribution in [2.24, 2.45) is 0 Å². The lowest BCUT2D eigenvalue weighted by atomic mass is 9.98. The third kappa shape index (κ3) is 4.81. The van der Waals surface area contributed by atoms with E-state index in [-0.39, 0.29) is 0 Å². The second kappa shape index (κ2) is 10.6. The fourth-order valence-electron chi connectivity index (χ4n) is 5.96. The van der Waals surface area contributed by atoms with Crippen molar-refractivity contribution < 1.29 is 0 Å². The van der Waals surface area contributed by atoms with Crippen molar-refractivity contribution in [2.75, 3.05) is 0 Å². The van der Waals surface area contributed by atoms with Crippen molar-refractivity contribution in [3.63, 3.8) is 0 Å². The Bertz CT molecular complexity index is 2080. The molecular weight excluding hydrogens is 522 g/mol. The molecule has 6 aromatic carbocycles. The van der Waals surface area contributed by atoms with Crippen molar-refractivity contribution >= 4 is 0 Å². The number of hydrogen-bond acceptors (Lipinski definition) is 3. The summed E-state index contributed by atoms with van der Waals surface area (Å²) in [5, 5.41) is 0. The van der Waals surface area contributed by atoms with Crippen LogP contribution in [0.25, 0.3) is 67.5 Å². The second-order valence-electron chi connectivity index (χ2n) is 10.9. The molecule has 1 heterocycles. The highest BCUT2D eigenvalue weighted by molar-refractivity contribution is 5.81. The van der Waals surface area contributed by atoms with Crippen LogP contribution in [-0.2, 0) is 6.42 Å². The number of rotatable bonds is 5. The summed E-state index contributed by atoms with van der Waals surface area (Å²) in [7, 11) is 0. The number of hydrogen-bond donors (Lipinski definition) is 0. The summed E-state index contributed by atoms with van der Waals surface area (Å²) in [6, 6.07) is 53.0. The maximum atomic E-state index is 4.98. The molecule has 0 aliphatic heterocycles. The summed E-state index contributed by atoms with van der Waals surface area (Å²) in [5.41, 5.74) is 13.0. The van der Waals surface area contributed by atoms with Crippen LogP contribution in [0.15, 0.2) is 152 Å². The SMILES string of the molecule is c1ccc(-c2cccc(-c3nc(-c4ccccc4)nc(-c4ccc(-c5ccc6c(c5)Cc5ccccc5-6)cc4)n3)c2)cc1. The van der Waals surface area contributed by atoms with Gasteiger partial charge in [-0.2, -0.15) is 0 Å². The maximum Gasteiger partial charge on any atom is 0.164 e. The van der Waals surface area contributed by atoms with Gasteiger partial charge in [0.2, 0.25) is 0 Å². The number of aromatic nitrogens is 3. The summed E-state index contributed by atoms with van der Waals surface area (Å²) in [4.78, 5) is 14.8. The van der Waals surface area contributed by atoms with Gasteiger partial charge >= 0.3 is 0 Å². The Morgan fingerprint density at radius 3 is 1.51 bits per heavy atom. The van der Waals surface area contributed by atoms with Crippen LogP contribution in [0.4, 0.5) is 0 Å². The summed E-state index contributed by atoms with van der Waals surface area (Å²) in [5.74, 6) is 1.97. The van der Waals surface area contributed by atoms with Crippen molar-refractivity contribution in [3.8, 4) is 67.5 Å². The van der Waals surface area contributed by atoms with Crippen molar-refractivity contribution in [1.29, 1.82) is 0 Å². The van der Waals surface area contributed by atoms with Crippen LogP contribution >= 0.6 is 0 Å². The van der Waals surface area contributed by atoms with Gasteiger partial charge in [0.25, 0.3) is 0 Å². The summed E-state index contributed by atoms with van der Waals surface area (Å²) in [6.45, 7) is 0. The predicted molar refractivity (Wildman–Crippen MR) is 175 cm³/mol. The van der Waals surface area contributed by atoms with Gasteiger partial charge in [-0.25, -0.2) is 15.0 Å². The molecular formula is C40H27N3. The first-order valence-electron chi connectivity index (χ1n) is 14.6. The van der Waals surface area contributed by atoms with Crippen LogP contribution in [0.1, 0.15) is 11.1 Å². The van der Waals surface area contributed by atoms with Gasteiger partial charge in [-0.3, -0.25) is 0 Å². The Labute approximate surface area is 251 Å². The highest BCUT2D eigenvalue weighted by Crippen LogP contribution is 2.38. The molecule has 0 radical (unpaired) electrons. The summed E-state index contributed by atoms with van der Waals surface area (Å²) >= 11 is 0. The molecule has 7 aromatic rings. The Hall–Kier alpha value is -5.67. The lowest BCUT2D eigenvalue weighted by Gasteiger charge is -2.10. The fourth-order valence-corrected chi connectivity index (χ4v) is 5.96. The van der Waals surface area contributed by atoms with E-state index >= 15 is 0 Å². The molecule has 1 aliphatic carbocycles. The smallest absolute Gasteiger partial charge is 0.164 e. The first-order chi connectivity index (χ1) is 21.3. The molecule has 3 heteroatoms. The van der Waals surface area contributed by atoms with E-state index in [0.29, 0.717) is 17.5 Å². The third-order valence-electron chi connectivity index (χ3n) is 8.17. The van der Waals surface area contributed by atoms with Gasteiger partial charge in [0.05, 0.1) is 0 Å². The Morgan fingerprint density at radius 2 is 0.767 bits per heavy atom. The topological polar surface area (TPSA) is 38.7 Å². The zero-order valence-corrected chi connectivity index (χ0v) is 23.5. The quantitative estimate of drug-likeness (QED) is 0.214. The van der Waals surface area contributed by atoms with Gasteiger partial charge in [-0.05, 0) is 57.0 Å². The zero-order chi connectivity index (χ0) is 28.6. The monoisotopic (exact) mass is 549 g/mol. The molecule has 0 N–H and O–H groups in total. The average molecular weight is 550 g/mol. The number of nitrogens with zero attached hydrogens (tertiary/aromatic N) is 3. The number of benzene rings is 6. The van der Waals surface area contributed by atoms with Crippen LogP contribution in [0.5, 0.6) is 0 Å². The Morgan fingerprint density at radius 1 is 0.302 bits per heavy atom. The minimum atomic E-state index is 0.656. The van der Waals surface area contributed by atoms with E-state index in [2.05, 4.69) is 115 Å². The van der Waals surface area contributed by atoms with Gasteiger partial charge in [0.15, 0.2) is 17.5 Å². The molecule has 0 fully saturated rings. The normalized spacial score (nSPS) is 11.6. The molecule has 1 aliphatic rings. The maximum absolute atomic E-state index is 4.98. The van der Waals surface area contributed by atoms with Gasteiger partial charge in [0, 0.05) is 16.7 Å². The molecule has 0 atom stereocenters. The van der Waals surface area contributed by atoms with Gasteiger partial charge in [-0.1, -0.05) is 146 Å². The first-order valence-corrected chi connectivity index (χ1v) is 14.6. The van der Waals surface area contributed by atoms with Gasteiger partial charge < -0.3 is 0 Å². The van der Waals surface area contributed by atoms with Crippen molar-refractivity contribution in [1.82, 2.24) is 15.0 Å². The number of fused-ring (bicyclic) bond motifs is 3.